The monoisotopic (exact) mass is 334 g/mol. The maximum absolute atomic E-state index is 10.9. The Morgan fingerprint density at radius 2 is 1.29 bits per heavy atom. The molecule has 0 N–H and O–H groups in total. The van der Waals surface area contributed by atoms with E-state index in [9.17, 15) is 4.79 Å². The molecule has 24 heavy (non-hydrogen) atoms. The fraction of sp³-hybridized carbons (Fsp3) is 0.783. The largest absolute Gasteiger partial charge is 0.300 e. The maximum Gasteiger partial charge on any atom is 0.130 e. The molecule has 1 atom stereocenters. The highest BCUT2D eigenvalue weighted by molar-refractivity contribution is 5.75. The third-order valence-corrected chi connectivity index (χ3v) is 4.76. The van der Waals surface area contributed by atoms with Gasteiger partial charge in [-0.3, -0.25) is 0 Å². The number of rotatable bonds is 14. The van der Waals surface area contributed by atoms with Gasteiger partial charge in [-0.05, 0) is 77.6 Å². The molecule has 0 aromatic rings. The van der Waals surface area contributed by atoms with Gasteiger partial charge in [0.2, 0.25) is 0 Å². The molecule has 0 aliphatic heterocycles. The van der Waals surface area contributed by atoms with E-state index in [1.54, 1.807) is 12.5 Å². The number of hydrogen-bond donors (Lipinski definition) is 0. The van der Waals surface area contributed by atoms with Gasteiger partial charge in [-0.15, -0.1) is 0 Å². The van der Waals surface area contributed by atoms with Crippen LogP contribution in [0.1, 0.15) is 106 Å². The molecule has 0 aliphatic carbocycles. The fourth-order valence-corrected chi connectivity index (χ4v) is 3.00. The van der Waals surface area contributed by atoms with Crippen molar-refractivity contribution in [3.63, 3.8) is 0 Å². The molecule has 0 aromatic heterocycles. The standard InChI is InChI=1S/C23H42O/c1-19(2)11-7-12-20(3)13-8-14-21(4)15-9-16-22(5)17-10-18-23(6)24/h13,17,19,21H,7-12,14-16,18H2,1-6H3. The van der Waals surface area contributed by atoms with E-state index < -0.39 is 0 Å². The maximum atomic E-state index is 10.9. The van der Waals surface area contributed by atoms with Crippen molar-refractivity contribution in [3.05, 3.63) is 23.3 Å². The van der Waals surface area contributed by atoms with Crippen LogP contribution < -0.4 is 0 Å². The first kappa shape index (κ1) is 23.1. The number of Topliss-reactive ketones (excluding diaryl/α,β-unsaturated/α-hetero) is 1. The van der Waals surface area contributed by atoms with Crippen LogP contribution in [0.15, 0.2) is 23.3 Å². The van der Waals surface area contributed by atoms with Gasteiger partial charge in [0.1, 0.15) is 5.78 Å². The number of hydrogen-bond acceptors (Lipinski definition) is 1. The van der Waals surface area contributed by atoms with Gasteiger partial charge >= 0.3 is 0 Å². The Balaban J connectivity index is 3.75. The van der Waals surface area contributed by atoms with Crippen LogP contribution >= 0.6 is 0 Å². The van der Waals surface area contributed by atoms with Crippen molar-refractivity contribution < 1.29 is 4.79 Å². The number of carbonyl (C=O) groups excluding carboxylic acids is 1. The van der Waals surface area contributed by atoms with Crippen molar-refractivity contribution in [2.45, 2.75) is 106 Å². The van der Waals surface area contributed by atoms with E-state index in [0.29, 0.717) is 12.2 Å². The first-order valence-corrected chi connectivity index (χ1v) is 10.1. The molecular formula is C23H42O. The molecule has 1 unspecified atom stereocenters. The van der Waals surface area contributed by atoms with Crippen LogP contribution in [0, 0.1) is 11.8 Å². The quantitative estimate of drug-likeness (QED) is 0.298. The highest BCUT2D eigenvalue weighted by atomic mass is 16.1. The Kier molecular flexibility index (Phi) is 14.0. The van der Waals surface area contributed by atoms with Gasteiger partial charge in [-0.1, -0.05) is 56.9 Å². The van der Waals surface area contributed by atoms with Crippen LogP contribution in [-0.4, -0.2) is 5.78 Å². The molecule has 0 aliphatic rings. The Hall–Kier alpha value is -0.850. The predicted molar refractivity (Wildman–Crippen MR) is 108 cm³/mol. The zero-order valence-corrected chi connectivity index (χ0v) is 17.3. The average molecular weight is 335 g/mol. The summed E-state index contributed by atoms with van der Waals surface area (Å²) < 4.78 is 0. The predicted octanol–water partition coefficient (Wildman–Crippen LogP) is 7.66. The minimum atomic E-state index is 0.292. The van der Waals surface area contributed by atoms with Gasteiger partial charge in [0.25, 0.3) is 0 Å². The highest BCUT2D eigenvalue weighted by Crippen LogP contribution is 2.19. The van der Waals surface area contributed by atoms with Crippen LogP contribution in [0.4, 0.5) is 0 Å². The Bertz CT molecular complexity index is 387. The molecule has 0 rings (SSSR count). The number of ketones is 1. The summed E-state index contributed by atoms with van der Waals surface area (Å²) in [7, 11) is 0. The lowest BCUT2D eigenvalue weighted by Gasteiger charge is -2.10. The zero-order chi connectivity index (χ0) is 18.4. The Morgan fingerprint density at radius 3 is 1.83 bits per heavy atom. The van der Waals surface area contributed by atoms with E-state index in [0.717, 1.165) is 18.3 Å². The molecule has 1 heteroatoms. The van der Waals surface area contributed by atoms with Crippen molar-refractivity contribution in [1.29, 1.82) is 0 Å². The summed E-state index contributed by atoms with van der Waals surface area (Å²) in [6.07, 6.45) is 16.6. The Labute approximate surface area is 152 Å². The lowest BCUT2D eigenvalue weighted by molar-refractivity contribution is -0.116. The summed E-state index contributed by atoms with van der Waals surface area (Å²) in [6.45, 7) is 13.2. The van der Waals surface area contributed by atoms with Crippen molar-refractivity contribution in [3.8, 4) is 0 Å². The van der Waals surface area contributed by atoms with Crippen LogP contribution in [0.25, 0.3) is 0 Å². The summed E-state index contributed by atoms with van der Waals surface area (Å²) in [5, 5.41) is 0. The minimum absolute atomic E-state index is 0.292. The van der Waals surface area contributed by atoms with E-state index in [2.05, 4.69) is 46.8 Å². The van der Waals surface area contributed by atoms with Crippen LogP contribution in [0.5, 0.6) is 0 Å². The molecule has 0 radical (unpaired) electrons. The number of carbonyl (C=O) groups is 1. The van der Waals surface area contributed by atoms with E-state index in [4.69, 9.17) is 0 Å². The minimum Gasteiger partial charge on any atom is -0.300 e. The van der Waals surface area contributed by atoms with Crippen LogP contribution in [0.3, 0.4) is 0 Å². The van der Waals surface area contributed by atoms with Crippen LogP contribution in [0.2, 0.25) is 0 Å². The first-order chi connectivity index (χ1) is 11.3. The van der Waals surface area contributed by atoms with Gasteiger partial charge in [-0.25, -0.2) is 0 Å². The Morgan fingerprint density at radius 1 is 0.750 bits per heavy atom. The summed E-state index contributed by atoms with van der Waals surface area (Å²) in [4.78, 5) is 10.9. The van der Waals surface area contributed by atoms with E-state index in [-0.39, 0.29) is 0 Å². The summed E-state index contributed by atoms with van der Waals surface area (Å²) in [5.41, 5.74) is 3.02. The second-order valence-electron chi connectivity index (χ2n) is 8.20. The van der Waals surface area contributed by atoms with Gasteiger partial charge in [-0.2, -0.15) is 0 Å². The fourth-order valence-electron chi connectivity index (χ4n) is 3.00. The zero-order valence-electron chi connectivity index (χ0n) is 17.3. The van der Waals surface area contributed by atoms with Crippen molar-refractivity contribution in [2.24, 2.45) is 11.8 Å². The van der Waals surface area contributed by atoms with Gasteiger partial charge < -0.3 is 4.79 Å². The molecule has 0 aromatic carbocycles. The van der Waals surface area contributed by atoms with Crippen LogP contribution in [-0.2, 0) is 4.79 Å². The third kappa shape index (κ3) is 16.0. The molecule has 0 heterocycles. The van der Waals surface area contributed by atoms with Gasteiger partial charge in [0, 0.05) is 6.42 Å². The summed E-state index contributed by atoms with van der Waals surface area (Å²) >= 11 is 0. The SMILES string of the molecule is CC(=O)CCC=C(C)CCCC(C)CCC=C(C)CCCC(C)C. The van der Waals surface area contributed by atoms with E-state index in [1.807, 2.05) is 0 Å². The molecule has 0 amide bonds. The highest BCUT2D eigenvalue weighted by Gasteiger charge is 2.02. The van der Waals surface area contributed by atoms with Crippen molar-refractivity contribution >= 4 is 5.78 Å². The first-order valence-electron chi connectivity index (χ1n) is 10.1. The second kappa shape index (κ2) is 14.5. The lowest BCUT2D eigenvalue weighted by atomic mass is 9.96. The lowest BCUT2D eigenvalue weighted by Crippen LogP contribution is -1.95. The molecule has 140 valence electrons. The second-order valence-corrected chi connectivity index (χ2v) is 8.20. The third-order valence-electron chi connectivity index (χ3n) is 4.76. The average Bonchev–Trinajstić information content (AvgIpc) is 2.46. The van der Waals surface area contributed by atoms with E-state index >= 15 is 0 Å². The summed E-state index contributed by atoms with van der Waals surface area (Å²) in [5.74, 6) is 1.94. The molecular weight excluding hydrogens is 292 g/mol. The molecule has 0 saturated heterocycles. The van der Waals surface area contributed by atoms with E-state index in [1.165, 1.54) is 56.9 Å². The smallest absolute Gasteiger partial charge is 0.130 e. The molecule has 0 saturated carbocycles. The number of allylic oxidation sites excluding steroid dienone is 4. The summed E-state index contributed by atoms with van der Waals surface area (Å²) in [6, 6.07) is 0. The molecule has 1 nitrogen and oxygen atoms in total. The normalized spacial score (nSPS) is 14.3. The molecule has 0 fully saturated rings. The van der Waals surface area contributed by atoms with Crippen molar-refractivity contribution in [2.75, 3.05) is 0 Å². The van der Waals surface area contributed by atoms with Crippen molar-refractivity contribution in [1.82, 2.24) is 0 Å². The van der Waals surface area contributed by atoms with Gasteiger partial charge in [0.05, 0.1) is 0 Å². The van der Waals surface area contributed by atoms with Gasteiger partial charge in [0.15, 0.2) is 0 Å². The topological polar surface area (TPSA) is 17.1 Å². The molecule has 0 spiro atoms. The molecule has 0 bridgehead atoms.